The molecule has 0 aliphatic carbocycles. The summed E-state index contributed by atoms with van der Waals surface area (Å²) in [5.74, 6) is 0.397. The average molecular weight is 182 g/mol. The summed E-state index contributed by atoms with van der Waals surface area (Å²) in [5.41, 5.74) is 6.54. The fraction of sp³-hybridized carbons (Fsp3) is 0.700. The largest absolute Gasteiger partial charge is 0.330 e. The summed E-state index contributed by atoms with van der Waals surface area (Å²) >= 11 is 0. The second-order valence-corrected chi connectivity index (χ2v) is 3.63. The molecule has 1 aliphatic heterocycles. The molecule has 1 aliphatic rings. The van der Waals surface area contributed by atoms with Crippen molar-refractivity contribution in [3.8, 4) is 0 Å². The Morgan fingerprint density at radius 1 is 1.62 bits per heavy atom. The van der Waals surface area contributed by atoms with Gasteiger partial charge in [0, 0.05) is 12.2 Å². The van der Waals surface area contributed by atoms with E-state index in [0.717, 1.165) is 18.5 Å². The summed E-state index contributed by atoms with van der Waals surface area (Å²) in [4.78, 5) is 11.5. The molecule has 3 nitrogen and oxygen atoms in total. The van der Waals surface area contributed by atoms with E-state index in [-0.39, 0.29) is 11.8 Å². The van der Waals surface area contributed by atoms with E-state index in [0.29, 0.717) is 12.5 Å². The molecule has 0 saturated heterocycles. The van der Waals surface area contributed by atoms with Gasteiger partial charge in [0.15, 0.2) is 0 Å². The van der Waals surface area contributed by atoms with Crippen molar-refractivity contribution in [2.45, 2.75) is 26.7 Å². The van der Waals surface area contributed by atoms with Gasteiger partial charge >= 0.3 is 0 Å². The molecule has 2 unspecified atom stereocenters. The maximum absolute atomic E-state index is 11.5. The lowest BCUT2D eigenvalue weighted by Crippen LogP contribution is -2.41. The average Bonchev–Trinajstić information content (AvgIpc) is 2.04. The molecular formula is C10H18N2O. The summed E-state index contributed by atoms with van der Waals surface area (Å²) in [6.45, 7) is 4.50. The number of amides is 1. The van der Waals surface area contributed by atoms with Crippen LogP contribution in [0, 0.1) is 11.8 Å². The minimum atomic E-state index is -0.0244. The lowest BCUT2D eigenvalue weighted by Gasteiger charge is -2.27. The van der Waals surface area contributed by atoms with Crippen molar-refractivity contribution >= 4 is 5.91 Å². The summed E-state index contributed by atoms with van der Waals surface area (Å²) in [7, 11) is 0. The Morgan fingerprint density at radius 3 is 2.85 bits per heavy atom. The number of hydrogen-bond donors (Lipinski definition) is 2. The van der Waals surface area contributed by atoms with Crippen molar-refractivity contribution in [1.82, 2.24) is 5.32 Å². The molecule has 1 rings (SSSR count). The molecule has 0 saturated carbocycles. The third kappa shape index (κ3) is 2.31. The zero-order chi connectivity index (χ0) is 9.84. The normalized spacial score (nSPS) is 28.2. The summed E-state index contributed by atoms with van der Waals surface area (Å²) in [6.07, 6.45) is 4.27. The summed E-state index contributed by atoms with van der Waals surface area (Å²) in [6, 6.07) is 0. The van der Waals surface area contributed by atoms with E-state index < -0.39 is 0 Å². The Labute approximate surface area is 79.4 Å². The van der Waals surface area contributed by atoms with E-state index in [4.69, 9.17) is 5.73 Å². The van der Waals surface area contributed by atoms with Crippen LogP contribution in [0.4, 0.5) is 0 Å². The van der Waals surface area contributed by atoms with E-state index in [1.807, 2.05) is 6.92 Å². The van der Waals surface area contributed by atoms with Gasteiger partial charge in [-0.2, -0.15) is 0 Å². The number of allylic oxidation sites excluding steroid dienone is 2. The first-order valence-corrected chi connectivity index (χ1v) is 4.88. The Hall–Kier alpha value is -0.830. The van der Waals surface area contributed by atoms with Gasteiger partial charge in [-0.3, -0.25) is 4.79 Å². The molecule has 0 aromatic heterocycles. The van der Waals surface area contributed by atoms with Crippen LogP contribution in [0.1, 0.15) is 26.7 Å². The van der Waals surface area contributed by atoms with Gasteiger partial charge in [-0.1, -0.05) is 19.4 Å². The van der Waals surface area contributed by atoms with Crippen LogP contribution >= 0.6 is 0 Å². The number of nitrogens with two attached hydrogens (primary N) is 1. The van der Waals surface area contributed by atoms with Crippen molar-refractivity contribution in [2.24, 2.45) is 17.6 Å². The van der Waals surface area contributed by atoms with Gasteiger partial charge in [0.05, 0.1) is 5.92 Å². The predicted molar refractivity (Wildman–Crippen MR) is 52.8 cm³/mol. The number of rotatable bonds is 3. The topological polar surface area (TPSA) is 55.1 Å². The Bertz CT molecular complexity index is 223. The highest BCUT2D eigenvalue weighted by Crippen LogP contribution is 2.23. The molecule has 0 aromatic carbocycles. The van der Waals surface area contributed by atoms with Gasteiger partial charge in [-0.15, -0.1) is 0 Å². The molecule has 0 aromatic rings. The smallest absolute Gasteiger partial charge is 0.229 e. The lowest BCUT2D eigenvalue weighted by atomic mass is 9.85. The number of hydrogen-bond acceptors (Lipinski definition) is 2. The van der Waals surface area contributed by atoms with Crippen LogP contribution in [0.2, 0.25) is 0 Å². The fourth-order valence-electron chi connectivity index (χ4n) is 1.86. The molecule has 3 N–H and O–H groups in total. The highest BCUT2D eigenvalue weighted by molar-refractivity contribution is 5.82. The maximum Gasteiger partial charge on any atom is 0.229 e. The first-order valence-electron chi connectivity index (χ1n) is 4.88. The van der Waals surface area contributed by atoms with Crippen molar-refractivity contribution in [3.63, 3.8) is 0 Å². The van der Waals surface area contributed by atoms with Crippen LogP contribution in [0.25, 0.3) is 0 Å². The molecule has 13 heavy (non-hydrogen) atoms. The SMILES string of the molecule is CCCC1C=C(C)NC(=O)C1CN. The highest BCUT2D eigenvalue weighted by atomic mass is 16.2. The Kier molecular flexibility index (Phi) is 3.48. The second kappa shape index (κ2) is 4.42. The second-order valence-electron chi connectivity index (χ2n) is 3.63. The Balaban J connectivity index is 2.75. The van der Waals surface area contributed by atoms with Crippen LogP contribution < -0.4 is 11.1 Å². The van der Waals surface area contributed by atoms with Crippen LogP contribution in [0.5, 0.6) is 0 Å². The molecule has 0 radical (unpaired) electrons. The third-order valence-electron chi connectivity index (χ3n) is 2.51. The van der Waals surface area contributed by atoms with Crippen LogP contribution in [-0.4, -0.2) is 12.5 Å². The van der Waals surface area contributed by atoms with Crippen LogP contribution in [0.15, 0.2) is 11.8 Å². The zero-order valence-electron chi connectivity index (χ0n) is 8.34. The van der Waals surface area contributed by atoms with E-state index >= 15 is 0 Å². The Morgan fingerprint density at radius 2 is 2.31 bits per heavy atom. The first-order chi connectivity index (χ1) is 6.19. The molecular weight excluding hydrogens is 164 g/mol. The predicted octanol–water partition coefficient (Wildman–Crippen LogP) is 1.01. The molecule has 0 spiro atoms. The third-order valence-corrected chi connectivity index (χ3v) is 2.51. The maximum atomic E-state index is 11.5. The molecule has 0 bridgehead atoms. The fourth-order valence-corrected chi connectivity index (χ4v) is 1.86. The molecule has 3 heteroatoms. The molecule has 1 heterocycles. The van der Waals surface area contributed by atoms with Gasteiger partial charge in [0.25, 0.3) is 0 Å². The summed E-state index contributed by atoms with van der Waals surface area (Å²) < 4.78 is 0. The van der Waals surface area contributed by atoms with E-state index in [2.05, 4.69) is 18.3 Å². The van der Waals surface area contributed by atoms with Crippen LogP contribution in [0.3, 0.4) is 0 Å². The highest BCUT2D eigenvalue weighted by Gasteiger charge is 2.28. The van der Waals surface area contributed by atoms with E-state index in [1.54, 1.807) is 0 Å². The minimum Gasteiger partial charge on any atom is -0.330 e. The number of carbonyl (C=O) groups excluding carboxylic acids is 1. The van der Waals surface area contributed by atoms with Gasteiger partial charge in [-0.05, 0) is 19.3 Å². The van der Waals surface area contributed by atoms with Crippen LogP contribution in [-0.2, 0) is 4.79 Å². The quantitative estimate of drug-likeness (QED) is 0.684. The van der Waals surface area contributed by atoms with E-state index in [1.165, 1.54) is 0 Å². The van der Waals surface area contributed by atoms with Gasteiger partial charge in [0.1, 0.15) is 0 Å². The zero-order valence-corrected chi connectivity index (χ0v) is 8.34. The molecule has 74 valence electrons. The molecule has 1 amide bonds. The number of nitrogens with one attached hydrogen (secondary N) is 1. The van der Waals surface area contributed by atoms with Crippen molar-refractivity contribution in [3.05, 3.63) is 11.8 Å². The van der Waals surface area contributed by atoms with Crippen molar-refractivity contribution < 1.29 is 4.79 Å². The van der Waals surface area contributed by atoms with Gasteiger partial charge in [-0.25, -0.2) is 0 Å². The standard InChI is InChI=1S/C10H18N2O/c1-3-4-8-5-7(2)12-10(13)9(8)6-11/h5,8-9H,3-4,6,11H2,1-2H3,(H,12,13). The van der Waals surface area contributed by atoms with Gasteiger partial charge in [0.2, 0.25) is 5.91 Å². The van der Waals surface area contributed by atoms with Crippen molar-refractivity contribution in [2.75, 3.05) is 6.54 Å². The molecule has 0 fully saturated rings. The first kappa shape index (κ1) is 10.3. The minimum absolute atomic E-state index is 0.0244. The molecule has 2 atom stereocenters. The van der Waals surface area contributed by atoms with Gasteiger partial charge < -0.3 is 11.1 Å². The lowest BCUT2D eigenvalue weighted by molar-refractivity contribution is -0.125. The van der Waals surface area contributed by atoms with E-state index in [9.17, 15) is 4.79 Å². The monoisotopic (exact) mass is 182 g/mol. The van der Waals surface area contributed by atoms with Crippen molar-refractivity contribution in [1.29, 1.82) is 0 Å². The number of carbonyl (C=O) groups is 1. The summed E-state index contributed by atoms with van der Waals surface area (Å²) in [5, 5.41) is 2.81.